The molecule has 1 N–H and O–H groups in total. The summed E-state index contributed by atoms with van der Waals surface area (Å²) in [4.78, 5) is 25.5. The second kappa shape index (κ2) is 6.51. The minimum absolute atomic E-state index is 0.118. The third-order valence-electron chi connectivity index (χ3n) is 5.04. The Morgan fingerprint density at radius 1 is 1.18 bits per heavy atom. The van der Waals surface area contributed by atoms with Crippen molar-refractivity contribution in [2.45, 2.75) is 44.4 Å². The first-order valence-electron chi connectivity index (χ1n) is 8.23. The molecular formula is C18H23NO3. The van der Waals surface area contributed by atoms with E-state index in [2.05, 4.69) is 18.2 Å². The van der Waals surface area contributed by atoms with Crippen molar-refractivity contribution < 1.29 is 14.7 Å². The predicted octanol–water partition coefficient (Wildman–Crippen LogP) is 2.82. The molecule has 1 aliphatic carbocycles. The Bertz CT molecular complexity index is 569. The molecule has 118 valence electrons. The third-order valence-corrected chi connectivity index (χ3v) is 5.04. The number of hydrogen-bond acceptors (Lipinski definition) is 2. The molecule has 0 radical (unpaired) electrons. The van der Waals surface area contributed by atoms with Crippen molar-refractivity contribution in [3.8, 4) is 0 Å². The molecule has 1 amide bonds. The molecule has 1 saturated heterocycles. The highest BCUT2D eigenvalue weighted by molar-refractivity contribution is 5.79. The van der Waals surface area contributed by atoms with Crippen LogP contribution in [-0.2, 0) is 16.0 Å². The molecule has 4 nitrogen and oxygen atoms in total. The lowest BCUT2D eigenvalue weighted by molar-refractivity contribution is -0.145. The Morgan fingerprint density at radius 3 is 2.82 bits per heavy atom. The molecule has 0 spiro atoms. The number of carboxylic acid groups (broad SMARTS) is 1. The van der Waals surface area contributed by atoms with Gasteiger partial charge in [-0.25, -0.2) is 0 Å². The smallest absolute Gasteiger partial charge is 0.308 e. The Hall–Kier alpha value is -1.84. The SMILES string of the molecule is O=C(O)[C@H]1CCCN(C(=O)C[C@H]2CCCc3ccccc32)C1. The number of likely N-dealkylation sites (tertiary alicyclic amines) is 1. The Morgan fingerprint density at radius 2 is 2.00 bits per heavy atom. The largest absolute Gasteiger partial charge is 0.481 e. The van der Waals surface area contributed by atoms with Crippen LogP contribution in [0.25, 0.3) is 0 Å². The van der Waals surface area contributed by atoms with Gasteiger partial charge in [-0.3, -0.25) is 9.59 Å². The van der Waals surface area contributed by atoms with Crippen LogP contribution in [0.2, 0.25) is 0 Å². The number of nitrogens with zero attached hydrogens (tertiary/aromatic N) is 1. The highest BCUT2D eigenvalue weighted by atomic mass is 16.4. The molecule has 2 aliphatic rings. The predicted molar refractivity (Wildman–Crippen MR) is 83.7 cm³/mol. The first-order chi connectivity index (χ1) is 10.6. The first kappa shape index (κ1) is 15.1. The molecule has 3 rings (SSSR count). The van der Waals surface area contributed by atoms with Gasteiger partial charge in [0.25, 0.3) is 0 Å². The van der Waals surface area contributed by atoms with Crippen LogP contribution in [0.5, 0.6) is 0 Å². The molecule has 0 unspecified atom stereocenters. The molecule has 22 heavy (non-hydrogen) atoms. The number of benzene rings is 1. The lowest BCUT2D eigenvalue weighted by Gasteiger charge is -2.33. The average molecular weight is 301 g/mol. The quantitative estimate of drug-likeness (QED) is 0.934. The summed E-state index contributed by atoms with van der Waals surface area (Å²) in [6.07, 6.45) is 5.29. The van der Waals surface area contributed by atoms with Crippen molar-refractivity contribution in [3.63, 3.8) is 0 Å². The maximum atomic E-state index is 12.6. The van der Waals surface area contributed by atoms with Crippen molar-refractivity contribution in [1.82, 2.24) is 4.90 Å². The van der Waals surface area contributed by atoms with E-state index in [9.17, 15) is 9.59 Å². The van der Waals surface area contributed by atoms with Crippen LogP contribution in [0.1, 0.15) is 49.1 Å². The van der Waals surface area contributed by atoms with Gasteiger partial charge in [-0.15, -0.1) is 0 Å². The van der Waals surface area contributed by atoms with Gasteiger partial charge in [0, 0.05) is 19.5 Å². The highest BCUT2D eigenvalue weighted by Crippen LogP contribution is 2.34. The van der Waals surface area contributed by atoms with Crippen LogP contribution >= 0.6 is 0 Å². The van der Waals surface area contributed by atoms with Gasteiger partial charge in [0.15, 0.2) is 0 Å². The van der Waals surface area contributed by atoms with Gasteiger partial charge >= 0.3 is 5.97 Å². The number of fused-ring (bicyclic) bond motifs is 1. The van der Waals surface area contributed by atoms with Crippen molar-refractivity contribution >= 4 is 11.9 Å². The molecule has 1 aromatic rings. The van der Waals surface area contributed by atoms with Crippen molar-refractivity contribution in [2.24, 2.45) is 5.92 Å². The van der Waals surface area contributed by atoms with E-state index in [4.69, 9.17) is 5.11 Å². The number of carbonyl (C=O) groups excluding carboxylic acids is 1. The normalized spacial score (nSPS) is 24.6. The lowest BCUT2D eigenvalue weighted by atomic mass is 9.81. The fourth-order valence-corrected chi connectivity index (χ4v) is 3.81. The van der Waals surface area contributed by atoms with E-state index < -0.39 is 11.9 Å². The molecule has 1 fully saturated rings. The van der Waals surface area contributed by atoms with Crippen LogP contribution in [0.4, 0.5) is 0 Å². The van der Waals surface area contributed by atoms with Crippen LogP contribution in [0, 0.1) is 5.92 Å². The summed E-state index contributed by atoms with van der Waals surface area (Å²) >= 11 is 0. The minimum atomic E-state index is -0.777. The van der Waals surface area contributed by atoms with E-state index in [1.165, 1.54) is 11.1 Å². The zero-order valence-electron chi connectivity index (χ0n) is 12.8. The number of carboxylic acids is 1. The van der Waals surface area contributed by atoms with Gasteiger partial charge in [-0.05, 0) is 49.1 Å². The number of hydrogen-bond donors (Lipinski definition) is 1. The second-order valence-corrected chi connectivity index (χ2v) is 6.51. The number of aliphatic carboxylic acids is 1. The maximum Gasteiger partial charge on any atom is 0.308 e. The number of amides is 1. The summed E-state index contributed by atoms with van der Waals surface area (Å²) in [6, 6.07) is 8.41. The molecule has 0 bridgehead atoms. The third kappa shape index (κ3) is 3.16. The van der Waals surface area contributed by atoms with Gasteiger partial charge in [0.1, 0.15) is 0 Å². The van der Waals surface area contributed by atoms with E-state index in [0.717, 1.165) is 25.7 Å². The van der Waals surface area contributed by atoms with E-state index in [-0.39, 0.29) is 5.91 Å². The lowest BCUT2D eigenvalue weighted by Crippen LogP contribution is -2.42. The summed E-state index contributed by atoms with van der Waals surface area (Å²) in [5.74, 6) is -0.757. The van der Waals surface area contributed by atoms with E-state index >= 15 is 0 Å². The van der Waals surface area contributed by atoms with Crippen LogP contribution in [0.3, 0.4) is 0 Å². The van der Waals surface area contributed by atoms with E-state index in [0.29, 0.717) is 31.8 Å². The molecular weight excluding hydrogens is 278 g/mol. The molecule has 1 heterocycles. The van der Waals surface area contributed by atoms with E-state index in [1.54, 1.807) is 4.90 Å². The number of piperidine rings is 1. The number of carbonyl (C=O) groups is 2. The van der Waals surface area contributed by atoms with Crippen LogP contribution in [-0.4, -0.2) is 35.0 Å². The van der Waals surface area contributed by atoms with Gasteiger partial charge in [0.05, 0.1) is 5.92 Å². The van der Waals surface area contributed by atoms with Gasteiger partial charge in [-0.1, -0.05) is 24.3 Å². The zero-order chi connectivity index (χ0) is 15.5. The van der Waals surface area contributed by atoms with Gasteiger partial charge in [-0.2, -0.15) is 0 Å². The van der Waals surface area contributed by atoms with Crippen molar-refractivity contribution in [2.75, 3.05) is 13.1 Å². The summed E-state index contributed by atoms with van der Waals surface area (Å²) in [7, 11) is 0. The molecule has 1 aliphatic heterocycles. The van der Waals surface area contributed by atoms with Gasteiger partial charge < -0.3 is 10.0 Å². The summed E-state index contributed by atoms with van der Waals surface area (Å²) in [5, 5.41) is 9.15. The number of rotatable bonds is 3. The van der Waals surface area contributed by atoms with Crippen molar-refractivity contribution in [3.05, 3.63) is 35.4 Å². The molecule has 0 saturated carbocycles. The maximum absolute atomic E-state index is 12.6. The summed E-state index contributed by atoms with van der Waals surface area (Å²) in [5.41, 5.74) is 2.68. The molecule has 2 atom stereocenters. The number of aryl methyl sites for hydroxylation is 1. The standard InChI is InChI=1S/C18H23NO3/c20-17(19-10-4-8-15(12-19)18(21)22)11-14-7-3-6-13-5-1-2-9-16(13)14/h1-2,5,9,14-15H,3-4,6-8,10-12H2,(H,21,22)/t14-,15+/m1/s1. The average Bonchev–Trinajstić information content (AvgIpc) is 2.55. The Kier molecular flexibility index (Phi) is 4.46. The molecule has 0 aromatic heterocycles. The summed E-state index contributed by atoms with van der Waals surface area (Å²) < 4.78 is 0. The highest BCUT2D eigenvalue weighted by Gasteiger charge is 2.30. The van der Waals surface area contributed by atoms with E-state index in [1.807, 2.05) is 6.07 Å². The fourth-order valence-electron chi connectivity index (χ4n) is 3.81. The Labute approximate surface area is 131 Å². The summed E-state index contributed by atoms with van der Waals surface area (Å²) in [6.45, 7) is 1.08. The zero-order valence-corrected chi connectivity index (χ0v) is 12.8. The van der Waals surface area contributed by atoms with Crippen LogP contribution in [0.15, 0.2) is 24.3 Å². The van der Waals surface area contributed by atoms with Crippen LogP contribution < -0.4 is 0 Å². The Balaban J connectivity index is 1.66. The first-order valence-corrected chi connectivity index (χ1v) is 8.23. The molecule has 1 aromatic carbocycles. The topological polar surface area (TPSA) is 57.6 Å². The second-order valence-electron chi connectivity index (χ2n) is 6.51. The molecule has 4 heteroatoms. The fraction of sp³-hybridized carbons (Fsp3) is 0.556. The minimum Gasteiger partial charge on any atom is -0.481 e. The van der Waals surface area contributed by atoms with Crippen molar-refractivity contribution in [1.29, 1.82) is 0 Å². The van der Waals surface area contributed by atoms with Gasteiger partial charge in [0.2, 0.25) is 5.91 Å². The monoisotopic (exact) mass is 301 g/mol.